The third-order valence-corrected chi connectivity index (χ3v) is 0.331. The van der Waals surface area contributed by atoms with E-state index in [1.165, 1.54) is 0 Å². The second-order valence-electron chi connectivity index (χ2n) is 0.476. The standard InChI is InChI=1S/CH4N2OS/c2-1(4)3-5/h5H,(H3,2,3,4). The Labute approximate surface area is 35.1 Å². The van der Waals surface area contributed by atoms with E-state index in [1.807, 2.05) is 4.72 Å². The quantitative estimate of drug-likeness (QED) is 0.347. The van der Waals surface area contributed by atoms with Gasteiger partial charge in [0.1, 0.15) is 0 Å². The van der Waals surface area contributed by atoms with E-state index in [9.17, 15) is 4.79 Å². The third kappa shape index (κ3) is 3.62. The van der Waals surface area contributed by atoms with Crippen LogP contribution in [0.5, 0.6) is 0 Å². The molecule has 0 saturated carbocycles. The van der Waals surface area contributed by atoms with E-state index in [0.29, 0.717) is 0 Å². The van der Waals surface area contributed by atoms with Crippen molar-refractivity contribution in [2.45, 2.75) is 0 Å². The van der Waals surface area contributed by atoms with Gasteiger partial charge in [-0.1, -0.05) is 12.8 Å². The molecule has 0 aromatic carbocycles. The van der Waals surface area contributed by atoms with Crippen molar-refractivity contribution in [3.63, 3.8) is 0 Å². The van der Waals surface area contributed by atoms with Gasteiger partial charge in [0.05, 0.1) is 0 Å². The van der Waals surface area contributed by atoms with Crippen molar-refractivity contribution < 1.29 is 4.79 Å². The topological polar surface area (TPSA) is 55.1 Å². The molecule has 5 heavy (non-hydrogen) atoms. The minimum atomic E-state index is -0.631. The zero-order valence-electron chi connectivity index (χ0n) is 2.43. The van der Waals surface area contributed by atoms with E-state index >= 15 is 0 Å². The van der Waals surface area contributed by atoms with E-state index < -0.39 is 6.03 Å². The zero-order chi connectivity index (χ0) is 4.28. The zero-order valence-corrected chi connectivity index (χ0v) is 3.33. The maximum absolute atomic E-state index is 9.40. The molecule has 0 radical (unpaired) electrons. The number of carbonyl (C=O) groups excluding carboxylic acids is 1. The Hall–Kier alpha value is -0.380. The van der Waals surface area contributed by atoms with Crippen LogP contribution in [0.3, 0.4) is 0 Å². The molecule has 3 nitrogen and oxygen atoms in total. The van der Waals surface area contributed by atoms with Gasteiger partial charge in [0.2, 0.25) is 0 Å². The number of urea groups is 1. The lowest BCUT2D eigenvalue weighted by Crippen LogP contribution is -2.20. The van der Waals surface area contributed by atoms with Gasteiger partial charge in [0.25, 0.3) is 0 Å². The Kier molecular flexibility index (Phi) is 1.75. The van der Waals surface area contributed by atoms with Crippen LogP contribution in [-0.4, -0.2) is 6.03 Å². The van der Waals surface area contributed by atoms with E-state index in [2.05, 4.69) is 18.5 Å². The molecule has 0 aliphatic carbocycles. The summed E-state index contributed by atoms with van der Waals surface area (Å²) in [5, 5.41) is 0. The van der Waals surface area contributed by atoms with Crippen molar-refractivity contribution in [1.82, 2.24) is 4.72 Å². The average Bonchev–Trinajstić information content (AvgIpc) is 1.38. The molecule has 0 saturated heterocycles. The number of thiol groups is 1. The van der Waals surface area contributed by atoms with E-state index in [1.54, 1.807) is 0 Å². The number of carbonyl (C=O) groups is 1. The van der Waals surface area contributed by atoms with Gasteiger partial charge in [0, 0.05) is 0 Å². The lowest BCUT2D eigenvalue weighted by Gasteiger charge is -1.79. The molecular weight excluding hydrogens is 88.1 g/mol. The highest BCUT2D eigenvalue weighted by Crippen LogP contribution is 1.52. The molecule has 0 fully saturated rings. The van der Waals surface area contributed by atoms with Crippen LogP contribution >= 0.6 is 12.8 Å². The summed E-state index contributed by atoms with van der Waals surface area (Å²) in [6.07, 6.45) is 0. The number of rotatable bonds is 0. The van der Waals surface area contributed by atoms with Gasteiger partial charge < -0.3 is 5.73 Å². The van der Waals surface area contributed by atoms with Gasteiger partial charge in [-0.05, 0) is 0 Å². The monoisotopic (exact) mass is 92.0 g/mol. The maximum Gasteiger partial charge on any atom is 0.321 e. The number of hydrogen-bond acceptors (Lipinski definition) is 2. The van der Waals surface area contributed by atoms with Crippen LogP contribution in [0, 0.1) is 0 Å². The largest absolute Gasteiger partial charge is 0.351 e. The molecule has 0 aromatic rings. The Balaban J connectivity index is 2.85. The molecule has 0 spiro atoms. The summed E-state index contributed by atoms with van der Waals surface area (Å²) < 4.78 is 1.86. The molecule has 0 bridgehead atoms. The molecule has 0 aliphatic heterocycles. The van der Waals surface area contributed by atoms with Crippen molar-refractivity contribution in [2.75, 3.05) is 0 Å². The first kappa shape index (κ1) is 4.62. The predicted molar refractivity (Wildman–Crippen MR) is 21.7 cm³/mol. The molecule has 2 amide bonds. The first-order valence-corrected chi connectivity index (χ1v) is 1.41. The minimum absolute atomic E-state index is 0.631. The second kappa shape index (κ2) is 1.90. The lowest BCUT2D eigenvalue weighted by molar-refractivity contribution is 0.254. The van der Waals surface area contributed by atoms with Gasteiger partial charge in [-0.3, -0.25) is 4.72 Å². The normalized spacial score (nSPS) is 6.60. The second-order valence-corrected chi connectivity index (χ2v) is 0.700. The number of amides is 2. The van der Waals surface area contributed by atoms with Crippen LogP contribution in [0.15, 0.2) is 0 Å². The van der Waals surface area contributed by atoms with E-state index in [0.717, 1.165) is 0 Å². The third-order valence-electron chi connectivity index (χ3n) is 0.110. The summed E-state index contributed by atoms with van der Waals surface area (Å²) in [6, 6.07) is -0.631. The predicted octanol–water partition coefficient (Wildman–Crippen LogP) is -0.500. The highest BCUT2D eigenvalue weighted by atomic mass is 32.1. The molecule has 0 atom stereocenters. The number of hydrogen-bond donors (Lipinski definition) is 3. The van der Waals surface area contributed by atoms with Crippen LogP contribution in [0.1, 0.15) is 0 Å². The lowest BCUT2D eigenvalue weighted by atomic mass is 11.2. The smallest absolute Gasteiger partial charge is 0.321 e. The van der Waals surface area contributed by atoms with Gasteiger partial charge in [-0.15, -0.1) is 0 Å². The van der Waals surface area contributed by atoms with E-state index in [-0.39, 0.29) is 0 Å². The van der Waals surface area contributed by atoms with Crippen LogP contribution in [-0.2, 0) is 0 Å². The summed E-state index contributed by atoms with van der Waals surface area (Å²) in [5.74, 6) is 0. The summed E-state index contributed by atoms with van der Waals surface area (Å²) >= 11 is 3.29. The number of nitrogens with two attached hydrogens (primary N) is 1. The summed E-state index contributed by atoms with van der Waals surface area (Å²) in [5.41, 5.74) is 4.47. The highest BCUT2D eigenvalue weighted by Gasteiger charge is 1.74. The van der Waals surface area contributed by atoms with Gasteiger partial charge in [0.15, 0.2) is 0 Å². The fourth-order valence-corrected chi connectivity index (χ4v) is 0. The first-order valence-electron chi connectivity index (χ1n) is 0.966. The average molecular weight is 92.1 g/mol. The maximum atomic E-state index is 9.40. The Morgan fingerprint density at radius 1 is 2.00 bits per heavy atom. The molecular formula is CH4N2OS. The van der Waals surface area contributed by atoms with Crippen molar-refractivity contribution in [3.05, 3.63) is 0 Å². The molecule has 0 rings (SSSR count). The minimum Gasteiger partial charge on any atom is -0.351 e. The van der Waals surface area contributed by atoms with Gasteiger partial charge in [-0.25, -0.2) is 4.79 Å². The fraction of sp³-hybridized carbons (Fsp3) is 0. The van der Waals surface area contributed by atoms with Crippen molar-refractivity contribution in [1.29, 1.82) is 0 Å². The van der Waals surface area contributed by atoms with Crippen LogP contribution in [0.2, 0.25) is 0 Å². The van der Waals surface area contributed by atoms with E-state index in [4.69, 9.17) is 0 Å². The highest BCUT2D eigenvalue weighted by molar-refractivity contribution is 7.78. The Morgan fingerprint density at radius 2 is 2.20 bits per heavy atom. The fourth-order valence-electron chi connectivity index (χ4n) is 0. The van der Waals surface area contributed by atoms with Crippen LogP contribution in [0.4, 0.5) is 4.79 Å². The molecule has 3 N–H and O–H groups in total. The SMILES string of the molecule is NC(=O)NS. The number of nitrogens with one attached hydrogen (secondary N) is 1. The summed E-state index contributed by atoms with van der Waals surface area (Å²) in [7, 11) is 0. The van der Waals surface area contributed by atoms with Crippen molar-refractivity contribution >= 4 is 18.8 Å². The summed E-state index contributed by atoms with van der Waals surface area (Å²) in [4.78, 5) is 9.40. The van der Waals surface area contributed by atoms with Crippen LogP contribution < -0.4 is 10.5 Å². The van der Waals surface area contributed by atoms with Gasteiger partial charge in [-0.2, -0.15) is 0 Å². The Morgan fingerprint density at radius 3 is 2.20 bits per heavy atom. The molecule has 30 valence electrons. The van der Waals surface area contributed by atoms with Crippen molar-refractivity contribution in [2.24, 2.45) is 5.73 Å². The number of primary amides is 1. The summed E-state index contributed by atoms with van der Waals surface area (Å²) in [6.45, 7) is 0. The first-order chi connectivity index (χ1) is 2.27. The molecule has 4 heteroatoms. The molecule has 0 aliphatic rings. The molecule has 0 unspecified atom stereocenters. The Bertz CT molecular complexity index is 44.9. The molecule has 0 heterocycles. The molecule has 0 aromatic heterocycles. The van der Waals surface area contributed by atoms with Gasteiger partial charge >= 0.3 is 6.03 Å². The van der Waals surface area contributed by atoms with Crippen molar-refractivity contribution in [3.8, 4) is 0 Å². The van der Waals surface area contributed by atoms with Crippen LogP contribution in [0.25, 0.3) is 0 Å².